The van der Waals surface area contributed by atoms with Crippen molar-refractivity contribution in [3.05, 3.63) is 64.6 Å². The minimum Gasteiger partial charge on any atom is -0.370 e. The number of amides is 1. The summed E-state index contributed by atoms with van der Waals surface area (Å²) in [6.45, 7) is 0.656. The van der Waals surface area contributed by atoms with E-state index in [1.54, 1.807) is 0 Å². The largest absolute Gasteiger partial charge is 0.370 e. The summed E-state index contributed by atoms with van der Waals surface area (Å²) in [7, 11) is 0. The summed E-state index contributed by atoms with van der Waals surface area (Å²) in [6.07, 6.45) is 0.849. The second kappa shape index (κ2) is 8.95. The van der Waals surface area contributed by atoms with Crippen molar-refractivity contribution < 1.29 is 4.79 Å². The van der Waals surface area contributed by atoms with E-state index in [1.807, 2.05) is 42.5 Å². The van der Waals surface area contributed by atoms with Crippen LogP contribution in [0.1, 0.15) is 5.56 Å². The Kier molecular flexibility index (Phi) is 6.62. The third-order valence-corrected chi connectivity index (χ3v) is 3.56. The molecule has 0 bridgehead atoms. The summed E-state index contributed by atoms with van der Waals surface area (Å²) in [5.41, 5.74) is 7.70. The highest BCUT2D eigenvalue weighted by atomic mass is 79.9. The molecule has 4 N–H and O–H groups in total. The van der Waals surface area contributed by atoms with Crippen LogP contribution in [0, 0.1) is 0 Å². The number of rotatable bonds is 6. The Bertz CT molecular complexity index is 673. The first-order valence-corrected chi connectivity index (χ1v) is 8.06. The molecular formula is C17H19BrN4O. The molecule has 2 rings (SSSR count). The number of nitrogens with two attached hydrogens (primary N) is 1. The minimum absolute atomic E-state index is 0.0172. The van der Waals surface area contributed by atoms with Gasteiger partial charge in [0.2, 0.25) is 5.91 Å². The summed E-state index contributed by atoms with van der Waals surface area (Å²) >= 11 is 3.35. The average molecular weight is 375 g/mol. The fourth-order valence-corrected chi connectivity index (χ4v) is 2.36. The molecule has 0 aliphatic rings. The van der Waals surface area contributed by atoms with Gasteiger partial charge in [-0.2, -0.15) is 0 Å². The van der Waals surface area contributed by atoms with Crippen molar-refractivity contribution in [2.24, 2.45) is 10.7 Å². The van der Waals surface area contributed by atoms with E-state index in [1.165, 1.54) is 5.56 Å². The maximum atomic E-state index is 11.8. The predicted molar refractivity (Wildman–Crippen MR) is 97.4 cm³/mol. The maximum Gasteiger partial charge on any atom is 0.246 e. The van der Waals surface area contributed by atoms with E-state index < -0.39 is 0 Å². The smallest absolute Gasteiger partial charge is 0.246 e. The molecule has 0 radical (unpaired) electrons. The molecule has 0 aromatic heterocycles. The molecule has 0 aliphatic carbocycles. The van der Waals surface area contributed by atoms with Gasteiger partial charge in [-0.15, -0.1) is 0 Å². The van der Waals surface area contributed by atoms with Crippen LogP contribution in [0.25, 0.3) is 0 Å². The Labute approximate surface area is 144 Å². The van der Waals surface area contributed by atoms with Gasteiger partial charge in [-0.3, -0.25) is 4.79 Å². The van der Waals surface area contributed by atoms with Crippen LogP contribution in [0.4, 0.5) is 5.69 Å². The third-order valence-electron chi connectivity index (χ3n) is 3.06. The van der Waals surface area contributed by atoms with Crippen LogP contribution in [0.15, 0.2) is 64.1 Å². The Morgan fingerprint density at radius 3 is 2.65 bits per heavy atom. The first kappa shape index (κ1) is 17.0. The van der Waals surface area contributed by atoms with Crippen molar-refractivity contribution in [2.45, 2.75) is 6.42 Å². The lowest BCUT2D eigenvalue weighted by Crippen LogP contribution is -2.34. The number of hydrogen-bond acceptors (Lipinski definition) is 2. The number of carbonyl (C=O) groups is 1. The Morgan fingerprint density at radius 2 is 1.91 bits per heavy atom. The molecule has 23 heavy (non-hydrogen) atoms. The fourth-order valence-electron chi connectivity index (χ4n) is 1.96. The van der Waals surface area contributed by atoms with Crippen molar-refractivity contribution in [1.82, 2.24) is 5.32 Å². The number of nitrogens with zero attached hydrogens (tertiary/aromatic N) is 1. The molecule has 5 nitrogen and oxygen atoms in total. The second-order valence-electron chi connectivity index (χ2n) is 4.92. The molecule has 0 heterocycles. The van der Waals surface area contributed by atoms with Gasteiger partial charge >= 0.3 is 0 Å². The van der Waals surface area contributed by atoms with E-state index >= 15 is 0 Å². The minimum atomic E-state index is -0.212. The molecule has 1 amide bonds. The van der Waals surface area contributed by atoms with Gasteiger partial charge < -0.3 is 16.4 Å². The van der Waals surface area contributed by atoms with E-state index in [9.17, 15) is 4.79 Å². The third kappa shape index (κ3) is 6.52. The topological polar surface area (TPSA) is 79.5 Å². The van der Waals surface area contributed by atoms with E-state index in [0.29, 0.717) is 6.54 Å². The van der Waals surface area contributed by atoms with Crippen LogP contribution in [-0.2, 0) is 11.2 Å². The molecule has 0 aliphatic heterocycles. The van der Waals surface area contributed by atoms with E-state index in [0.717, 1.165) is 16.6 Å². The van der Waals surface area contributed by atoms with Crippen molar-refractivity contribution in [1.29, 1.82) is 0 Å². The molecular weight excluding hydrogens is 356 g/mol. The van der Waals surface area contributed by atoms with E-state index in [2.05, 4.69) is 43.7 Å². The molecule has 0 saturated heterocycles. The lowest BCUT2D eigenvalue weighted by atomic mass is 10.1. The first-order valence-electron chi connectivity index (χ1n) is 7.26. The second-order valence-corrected chi connectivity index (χ2v) is 5.84. The Hall–Kier alpha value is -2.34. The number of nitrogens with one attached hydrogen (secondary N) is 2. The van der Waals surface area contributed by atoms with Gasteiger partial charge in [0.15, 0.2) is 5.96 Å². The quantitative estimate of drug-likeness (QED) is 0.536. The first-order chi connectivity index (χ1) is 11.1. The average Bonchev–Trinajstić information content (AvgIpc) is 2.54. The van der Waals surface area contributed by atoms with Gasteiger partial charge in [0, 0.05) is 16.7 Å². The number of guanidine groups is 1. The number of aliphatic imine (C=N–C) groups is 1. The molecule has 0 saturated carbocycles. The summed E-state index contributed by atoms with van der Waals surface area (Å²) in [5, 5.41) is 5.76. The predicted octanol–water partition coefficient (Wildman–Crippen LogP) is 2.53. The summed E-state index contributed by atoms with van der Waals surface area (Å²) in [5.74, 6) is 0.0567. The summed E-state index contributed by atoms with van der Waals surface area (Å²) in [6, 6.07) is 17.5. The summed E-state index contributed by atoms with van der Waals surface area (Å²) < 4.78 is 0.904. The maximum absolute atomic E-state index is 11.8. The van der Waals surface area contributed by atoms with Crippen molar-refractivity contribution in [3.8, 4) is 0 Å². The van der Waals surface area contributed by atoms with Crippen molar-refractivity contribution in [2.75, 3.05) is 18.4 Å². The highest BCUT2D eigenvalue weighted by molar-refractivity contribution is 9.10. The van der Waals surface area contributed by atoms with Crippen LogP contribution < -0.4 is 16.4 Å². The standard InChI is InChI=1S/C17H19BrN4O/c18-14-7-4-8-15(11-14)22-16(23)12-21-17(19)20-10-9-13-5-2-1-3-6-13/h1-8,11H,9-10,12H2,(H,22,23)(H3,19,20,21). The molecule has 2 aromatic rings. The molecule has 6 heteroatoms. The molecule has 0 atom stereocenters. The van der Waals surface area contributed by atoms with E-state index in [4.69, 9.17) is 5.73 Å². The fraction of sp³-hybridized carbons (Fsp3) is 0.176. The van der Waals surface area contributed by atoms with Crippen LogP contribution in [-0.4, -0.2) is 25.0 Å². The van der Waals surface area contributed by atoms with Crippen LogP contribution >= 0.6 is 15.9 Å². The number of benzene rings is 2. The highest BCUT2D eigenvalue weighted by Gasteiger charge is 2.02. The zero-order chi connectivity index (χ0) is 16.5. The Balaban J connectivity index is 1.72. The van der Waals surface area contributed by atoms with Gasteiger partial charge in [-0.1, -0.05) is 52.3 Å². The van der Waals surface area contributed by atoms with Gasteiger partial charge in [-0.05, 0) is 30.2 Å². The zero-order valence-electron chi connectivity index (χ0n) is 12.6. The molecule has 0 unspecified atom stereocenters. The monoisotopic (exact) mass is 374 g/mol. The lowest BCUT2D eigenvalue weighted by molar-refractivity contribution is -0.114. The Morgan fingerprint density at radius 1 is 1.13 bits per heavy atom. The van der Waals surface area contributed by atoms with Crippen LogP contribution in [0.2, 0.25) is 0 Å². The van der Waals surface area contributed by atoms with Crippen LogP contribution in [0.3, 0.4) is 0 Å². The lowest BCUT2D eigenvalue weighted by Gasteiger charge is -2.06. The normalized spacial score (nSPS) is 11.1. The highest BCUT2D eigenvalue weighted by Crippen LogP contribution is 2.15. The van der Waals surface area contributed by atoms with Gasteiger partial charge in [-0.25, -0.2) is 4.99 Å². The number of anilines is 1. The molecule has 0 spiro atoms. The number of halogens is 1. The number of hydrogen-bond donors (Lipinski definition) is 3. The van der Waals surface area contributed by atoms with Crippen molar-refractivity contribution in [3.63, 3.8) is 0 Å². The molecule has 0 fully saturated rings. The molecule has 120 valence electrons. The van der Waals surface area contributed by atoms with Gasteiger partial charge in [0.1, 0.15) is 6.54 Å². The van der Waals surface area contributed by atoms with Gasteiger partial charge in [0.05, 0.1) is 0 Å². The summed E-state index contributed by atoms with van der Waals surface area (Å²) in [4.78, 5) is 15.8. The zero-order valence-corrected chi connectivity index (χ0v) is 14.2. The van der Waals surface area contributed by atoms with Gasteiger partial charge in [0.25, 0.3) is 0 Å². The molecule has 2 aromatic carbocycles. The van der Waals surface area contributed by atoms with Crippen LogP contribution in [0.5, 0.6) is 0 Å². The number of carbonyl (C=O) groups excluding carboxylic acids is 1. The van der Waals surface area contributed by atoms with Crippen molar-refractivity contribution >= 4 is 33.5 Å². The van der Waals surface area contributed by atoms with E-state index in [-0.39, 0.29) is 18.4 Å². The SMILES string of the molecule is NC(=NCC(=O)Nc1cccc(Br)c1)NCCc1ccccc1.